The zero-order valence-electron chi connectivity index (χ0n) is 12.1. The number of rotatable bonds is 6. The standard InChI is InChI=1S/C15H21N3O2/c1-4-5-14(19)17-13-8-6-12(7-9-13)15(20)18-16-10-11(2)3/h6-11H,4-5H2,1-3H3,(H,17,19)(H,18,20). The molecular weight excluding hydrogens is 254 g/mol. The van der Waals surface area contributed by atoms with E-state index >= 15 is 0 Å². The highest BCUT2D eigenvalue weighted by Crippen LogP contribution is 2.10. The molecule has 0 aliphatic carbocycles. The highest BCUT2D eigenvalue weighted by molar-refractivity contribution is 5.95. The minimum atomic E-state index is -0.270. The van der Waals surface area contributed by atoms with E-state index in [0.29, 0.717) is 17.7 Å². The first-order valence-corrected chi connectivity index (χ1v) is 6.76. The SMILES string of the molecule is CCCC(=O)Nc1ccc(C(=O)NN=CC(C)C)cc1. The number of benzene rings is 1. The summed E-state index contributed by atoms with van der Waals surface area (Å²) in [6.07, 6.45) is 2.96. The van der Waals surface area contributed by atoms with Crippen LogP contribution in [0.3, 0.4) is 0 Å². The topological polar surface area (TPSA) is 70.6 Å². The molecule has 0 spiro atoms. The molecule has 1 rings (SSSR count). The number of hydrogen-bond donors (Lipinski definition) is 2. The van der Waals surface area contributed by atoms with Gasteiger partial charge in [0.1, 0.15) is 0 Å². The first-order chi connectivity index (χ1) is 9.52. The number of anilines is 1. The van der Waals surface area contributed by atoms with Crippen LogP contribution in [0.5, 0.6) is 0 Å². The zero-order chi connectivity index (χ0) is 15.0. The van der Waals surface area contributed by atoms with Crippen LogP contribution in [-0.4, -0.2) is 18.0 Å². The average Bonchev–Trinajstić information content (AvgIpc) is 2.39. The molecule has 0 unspecified atom stereocenters. The van der Waals surface area contributed by atoms with Gasteiger partial charge in [-0.15, -0.1) is 0 Å². The van der Waals surface area contributed by atoms with Crippen molar-refractivity contribution in [3.8, 4) is 0 Å². The van der Waals surface area contributed by atoms with Crippen molar-refractivity contribution in [2.45, 2.75) is 33.6 Å². The molecule has 2 N–H and O–H groups in total. The van der Waals surface area contributed by atoms with E-state index in [9.17, 15) is 9.59 Å². The Kier molecular flexibility index (Phi) is 6.43. The molecule has 1 aromatic carbocycles. The summed E-state index contributed by atoms with van der Waals surface area (Å²) in [7, 11) is 0. The Bertz CT molecular complexity index is 478. The maximum Gasteiger partial charge on any atom is 0.271 e. The van der Waals surface area contributed by atoms with Gasteiger partial charge in [-0.3, -0.25) is 9.59 Å². The van der Waals surface area contributed by atoms with Crippen molar-refractivity contribution in [1.29, 1.82) is 0 Å². The molecule has 0 saturated carbocycles. The van der Waals surface area contributed by atoms with Gasteiger partial charge in [-0.2, -0.15) is 5.10 Å². The van der Waals surface area contributed by atoms with Gasteiger partial charge in [0.2, 0.25) is 5.91 Å². The Morgan fingerprint density at radius 1 is 1.25 bits per heavy atom. The van der Waals surface area contributed by atoms with Crippen molar-refractivity contribution in [2.24, 2.45) is 11.0 Å². The minimum Gasteiger partial charge on any atom is -0.326 e. The van der Waals surface area contributed by atoms with Gasteiger partial charge in [0.25, 0.3) is 5.91 Å². The smallest absolute Gasteiger partial charge is 0.271 e. The summed E-state index contributed by atoms with van der Waals surface area (Å²) in [5.41, 5.74) is 3.64. The van der Waals surface area contributed by atoms with E-state index in [-0.39, 0.29) is 17.7 Å². The number of carbonyl (C=O) groups excluding carboxylic acids is 2. The van der Waals surface area contributed by atoms with Crippen LogP contribution in [-0.2, 0) is 4.79 Å². The fraction of sp³-hybridized carbons (Fsp3) is 0.400. The summed E-state index contributed by atoms with van der Waals surface area (Å²) in [6.45, 7) is 5.90. The van der Waals surface area contributed by atoms with E-state index in [4.69, 9.17) is 0 Å². The van der Waals surface area contributed by atoms with E-state index in [1.165, 1.54) is 0 Å². The maximum absolute atomic E-state index is 11.7. The van der Waals surface area contributed by atoms with Crippen molar-refractivity contribution < 1.29 is 9.59 Å². The molecular formula is C15H21N3O2. The van der Waals surface area contributed by atoms with E-state index in [2.05, 4.69) is 15.8 Å². The van der Waals surface area contributed by atoms with Crippen molar-refractivity contribution in [3.05, 3.63) is 29.8 Å². The summed E-state index contributed by atoms with van der Waals surface area (Å²) >= 11 is 0. The zero-order valence-corrected chi connectivity index (χ0v) is 12.1. The van der Waals surface area contributed by atoms with E-state index in [0.717, 1.165) is 6.42 Å². The minimum absolute atomic E-state index is 0.0220. The number of nitrogens with zero attached hydrogens (tertiary/aromatic N) is 1. The fourth-order valence-corrected chi connectivity index (χ4v) is 1.47. The molecule has 5 nitrogen and oxygen atoms in total. The number of nitrogens with one attached hydrogen (secondary N) is 2. The summed E-state index contributed by atoms with van der Waals surface area (Å²) < 4.78 is 0. The Morgan fingerprint density at radius 3 is 2.45 bits per heavy atom. The van der Waals surface area contributed by atoms with E-state index in [1.807, 2.05) is 20.8 Å². The van der Waals surface area contributed by atoms with Gasteiger partial charge in [-0.1, -0.05) is 20.8 Å². The Hall–Kier alpha value is -2.17. The average molecular weight is 275 g/mol. The third-order valence-electron chi connectivity index (χ3n) is 2.45. The maximum atomic E-state index is 11.7. The van der Waals surface area contributed by atoms with Crippen LogP contribution < -0.4 is 10.7 Å². The van der Waals surface area contributed by atoms with Crippen LogP contribution >= 0.6 is 0 Å². The lowest BCUT2D eigenvalue weighted by atomic mass is 10.2. The van der Waals surface area contributed by atoms with Crippen LogP contribution in [0, 0.1) is 5.92 Å². The third-order valence-corrected chi connectivity index (χ3v) is 2.45. The van der Waals surface area contributed by atoms with Gasteiger partial charge in [0.05, 0.1) is 0 Å². The van der Waals surface area contributed by atoms with Crippen molar-refractivity contribution in [1.82, 2.24) is 5.43 Å². The second-order valence-electron chi connectivity index (χ2n) is 4.84. The van der Waals surface area contributed by atoms with Crippen LogP contribution in [0.4, 0.5) is 5.69 Å². The van der Waals surface area contributed by atoms with Crippen LogP contribution in [0.25, 0.3) is 0 Å². The highest BCUT2D eigenvalue weighted by atomic mass is 16.2. The summed E-state index contributed by atoms with van der Waals surface area (Å²) in [5.74, 6) is -0.00831. The molecule has 0 aliphatic heterocycles. The second kappa shape index (κ2) is 8.09. The predicted molar refractivity (Wildman–Crippen MR) is 80.8 cm³/mol. The van der Waals surface area contributed by atoms with E-state index in [1.54, 1.807) is 30.5 Å². The van der Waals surface area contributed by atoms with Crippen LogP contribution in [0.1, 0.15) is 44.0 Å². The van der Waals surface area contributed by atoms with Crippen molar-refractivity contribution >= 4 is 23.7 Å². The number of carbonyl (C=O) groups is 2. The predicted octanol–water partition coefficient (Wildman–Crippen LogP) is 2.80. The molecule has 20 heavy (non-hydrogen) atoms. The molecule has 0 saturated heterocycles. The largest absolute Gasteiger partial charge is 0.326 e. The third kappa shape index (κ3) is 5.65. The molecule has 0 heterocycles. The Labute approximate surface area is 119 Å². The number of hydrogen-bond acceptors (Lipinski definition) is 3. The quantitative estimate of drug-likeness (QED) is 0.619. The van der Waals surface area contributed by atoms with Crippen LogP contribution in [0.2, 0.25) is 0 Å². The molecule has 2 amide bonds. The number of amides is 2. The summed E-state index contributed by atoms with van der Waals surface area (Å²) in [5, 5.41) is 6.61. The van der Waals surface area contributed by atoms with Gasteiger partial charge in [-0.25, -0.2) is 5.43 Å². The second-order valence-corrected chi connectivity index (χ2v) is 4.84. The normalized spacial score (nSPS) is 10.8. The monoisotopic (exact) mass is 275 g/mol. The first kappa shape index (κ1) is 15.9. The molecule has 0 radical (unpaired) electrons. The van der Waals surface area contributed by atoms with Gasteiger partial charge in [-0.05, 0) is 36.6 Å². The summed E-state index contributed by atoms with van der Waals surface area (Å²) in [6, 6.07) is 6.72. The van der Waals surface area contributed by atoms with Crippen LogP contribution in [0.15, 0.2) is 29.4 Å². The van der Waals surface area contributed by atoms with Crippen molar-refractivity contribution in [3.63, 3.8) is 0 Å². The molecule has 1 aromatic rings. The molecule has 0 aliphatic rings. The van der Waals surface area contributed by atoms with Gasteiger partial charge < -0.3 is 5.32 Å². The van der Waals surface area contributed by atoms with E-state index < -0.39 is 0 Å². The van der Waals surface area contributed by atoms with Gasteiger partial charge in [0.15, 0.2) is 0 Å². The Morgan fingerprint density at radius 2 is 1.90 bits per heavy atom. The Balaban J connectivity index is 2.57. The molecule has 0 bridgehead atoms. The lowest BCUT2D eigenvalue weighted by Crippen LogP contribution is -2.18. The lowest BCUT2D eigenvalue weighted by molar-refractivity contribution is -0.116. The first-order valence-electron chi connectivity index (χ1n) is 6.76. The lowest BCUT2D eigenvalue weighted by Gasteiger charge is -2.05. The van der Waals surface area contributed by atoms with Gasteiger partial charge in [0, 0.05) is 23.9 Å². The summed E-state index contributed by atoms with van der Waals surface area (Å²) in [4.78, 5) is 23.2. The van der Waals surface area contributed by atoms with Crippen molar-refractivity contribution in [2.75, 3.05) is 5.32 Å². The molecule has 0 fully saturated rings. The fourth-order valence-electron chi connectivity index (χ4n) is 1.47. The molecule has 108 valence electrons. The molecule has 0 atom stereocenters. The molecule has 0 aromatic heterocycles. The number of hydrazone groups is 1. The molecule has 5 heteroatoms. The van der Waals surface area contributed by atoms with Gasteiger partial charge >= 0.3 is 0 Å². The highest BCUT2D eigenvalue weighted by Gasteiger charge is 2.05.